The minimum atomic E-state index is -1.14. The van der Waals surface area contributed by atoms with Gasteiger partial charge in [-0.2, -0.15) is 0 Å². The molecule has 0 saturated carbocycles. The van der Waals surface area contributed by atoms with Crippen LogP contribution in [0.2, 0.25) is 0 Å². The van der Waals surface area contributed by atoms with Gasteiger partial charge in [0.15, 0.2) is 28.8 Å². The summed E-state index contributed by atoms with van der Waals surface area (Å²) in [6.07, 6.45) is 5.51. The number of aliphatic hydroxyl groups is 2. The van der Waals surface area contributed by atoms with Crippen molar-refractivity contribution in [1.82, 2.24) is 35.2 Å². The molecule has 4 aromatic rings. The molecule has 4 heterocycles. The largest absolute Gasteiger partial charge is 0.493 e. The number of imide groups is 1. The van der Waals surface area contributed by atoms with Gasteiger partial charge >= 0.3 is 18.2 Å². The van der Waals surface area contributed by atoms with Crippen molar-refractivity contribution >= 4 is 88.2 Å². The summed E-state index contributed by atoms with van der Waals surface area (Å²) in [7, 11) is 5.58. The molecule has 2 saturated heterocycles. The molecule has 32 nitrogen and oxygen atoms in total. The van der Waals surface area contributed by atoms with Crippen molar-refractivity contribution in [2.45, 2.75) is 122 Å². The van der Waals surface area contributed by atoms with E-state index in [0.29, 0.717) is 73.9 Å². The van der Waals surface area contributed by atoms with Crippen LogP contribution in [-0.2, 0) is 58.4 Å². The highest BCUT2D eigenvalue weighted by molar-refractivity contribution is 6.23. The Hall–Kier alpha value is -11.5. The van der Waals surface area contributed by atoms with E-state index in [-0.39, 0.29) is 159 Å². The summed E-state index contributed by atoms with van der Waals surface area (Å²) in [5, 5.41) is 36.4. The number of unbranched alkanes of at least 4 members (excludes halogenated alkanes) is 4. The molecule has 11 amide bonds. The molecule has 4 aliphatic rings. The van der Waals surface area contributed by atoms with Gasteiger partial charge in [0.25, 0.3) is 23.6 Å². The number of fused-ring (bicyclic) bond motifs is 1. The lowest BCUT2D eigenvalue weighted by Gasteiger charge is -2.25. The van der Waals surface area contributed by atoms with E-state index < -0.39 is 89.4 Å². The van der Waals surface area contributed by atoms with Gasteiger partial charge < -0.3 is 84.7 Å². The third-order valence-electron chi connectivity index (χ3n) is 18.0. The maximum Gasteiger partial charge on any atom is 0.412 e. The molecule has 32 heteroatoms. The Morgan fingerprint density at radius 3 is 1.71 bits per heavy atom. The number of methoxy groups -OCH3 is 3. The van der Waals surface area contributed by atoms with E-state index in [9.17, 15) is 67.7 Å². The number of aromatic nitrogens is 1. The molecular weight excluding hydrogens is 1380 g/mol. The van der Waals surface area contributed by atoms with Crippen LogP contribution < -0.4 is 56.6 Å². The van der Waals surface area contributed by atoms with Gasteiger partial charge in [0.2, 0.25) is 29.3 Å². The molecule has 106 heavy (non-hydrogen) atoms. The maximum atomic E-state index is 14.3. The molecule has 4 atom stereocenters. The number of anilines is 3. The number of ether oxygens (including phenoxy) is 7. The number of amides is 11. The van der Waals surface area contributed by atoms with Crippen LogP contribution in [0, 0.1) is 5.92 Å². The number of carbonyl (C=O) groups excluding carboxylic acids is 12. The average molecular weight is 1470 g/mol. The first-order valence-corrected chi connectivity index (χ1v) is 34.6. The zero-order valence-corrected chi connectivity index (χ0v) is 60.1. The SMILES string of the molecule is C=C1C[C@@H](CO)N(C(=O)c2cc(OC)c(OCCCCCOc3cc(NC(=O)OCc4cc5c(n4C)C(=O)C=C(OC)C5=O)c(C(=O)N4CC(=C)C[C@H]4CO)cc3OC)cc2NC(=O)OCc2ccc(NC(=O)[C@H](CCCNC(N)=O)NC(=O)[C@@H](NC(=O)CCCCCN3C(=O)C=CC3=O)C(C)C)cc2)C1. The fourth-order valence-corrected chi connectivity index (χ4v) is 12.3. The van der Waals surface area contributed by atoms with E-state index in [0.717, 1.165) is 16.5 Å². The Kier molecular flexibility index (Phi) is 28.6. The van der Waals surface area contributed by atoms with Crippen molar-refractivity contribution in [3.05, 3.63) is 137 Å². The van der Waals surface area contributed by atoms with E-state index in [1.54, 1.807) is 45.2 Å². The Labute approximate surface area is 611 Å². The van der Waals surface area contributed by atoms with E-state index in [4.69, 9.17) is 38.9 Å². The second-order valence-corrected chi connectivity index (χ2v) is 26.0. The number of allylic oxidation sites excluding steroid dienone is 2. The number of aliphatic hydroxyl groups excluding tert-OH is 2. The van der Waals surface area contributed by atoms with Crippen LogP contribution in [0.1, 0.15) is 137 Å². The van der Waals surface area contributed by atoms with Crippen LogP contribution in [0.5, 0.6) is 23.0 Å². The molecule has 568 valence electrons. The number of carbonyl (C=O) groups is 12. The molecule has 1 aliphatic carbocycles. The topological polar surface area (TPSA) is 423 Å². The fraction of sp³-hybridized carbons (Fsp3) is 0.432. The van der Waals surface area contributed by atoms with E-state index >= 15 is 0 Å². The standard InChI is InChI=1S/C74H91N11O21/c1-42(2)65(81-62(89)17-11-9-12-25-83-63(90)22-23-64(83)91)69(94)78-53(16-15-24-76-72(75)97)68(93)77-46-20-18-45(19-21-46)40-105-73(98)79-54-33-59(57(100-6)31-50(54)70(95)84-36-43(3)28-47(84)38-86)103-26-13-10-14-27-104-60-34-55(51(32-58(60)101-7)71(96)85-37-44(4)29-48(85)39-87)80-74(99)106-41-49-30-52-66(82(49)5)56(88)35-61(102-8)67(52)92/h18-23,30-35,42,47-48,53,65,86-87H,3-4,9-17,24-29,36-41H2,1-2,5-8H3,(H,77,93)(H,78,94)(H,79,98)(H,80,99)(H,81,89)(H3,75,76,97)/t47-,48-,53-,65-/m0/s1. The summed E-state index contributed by atoms with van der Waals surface area (Å²) in [4.78, 5) is 162. The minimum Gasteiger partial charge on any atom is -0.493 e. The number of primary amides is 1. The van der Waals surface area contributed by atoms with Gasteiger partial charge in [0.1, 0.15) is 31.0 Å². The highest BCUT2D eigenvalue weighted by atomic mass is 16.6. The van der Waals surface area contributed by atoms with Crippen molar-refractivity contribution in [1.29, 1.82) is 0 Å². The van der Waals surface area contributed by atoms with E-state index in [2.05, 4.69) is 45.1 Å². The zero-order chi connectivity index (χ0) is 76.9. The monoisotopic (exact) mass is 1470 g/mol. The van der Waals surface area contributed by atoms with Crippen LogP contribution in [0.3, 0.4) is 0 Å². The van der Waals surface area contributed by atoms with Gasteiger partial charge in [0, 0.05) is 75.7 Å². The van der Waals surface area contributed by atoms with Crippen LogP contribution in [-0.4, -0.2) is 199 Å². The number of rotatable bonds is 37. The first-order valence-electron chi connectivity index (χ1n) is 34.6. The molecule has 3 aliphatic heterocycles. The number of urea groups is 1. The maximum absolute atomic E-state index is 14.3. The average Bonchev–Trinajstić information content (AvgIpc) is 1.60. The minimum absolute atomic E-state index is 0.00834. The molecule has 2 fully saturated rings. The van der Waals surface area contributed by atoms with Gasteiger partial charge in [0.05, 0.1) is 93.6 Å². The summed E-state index contributed by atoms with van der Waals surface area (Å²) >= 11 is 0. The third kappa shape index (κ3) is 20.9. The first kappa shape index (κ1) is 80.2. The Morgan fingerprint density at radius 1 is 0.642 bits per heavy atom. The van der Waals surface area contributed by atoms with Crippen molar-refractivity contribution in [2.75, 3.05) is 89.9 Å². The van der Waals surface area contributed by atoms with Crippen molar-refractivity contribution in [3.63, 3.8) is 0 Å². The summed E-state index contributed by atoms with van der Waals surface area (Å²) < 4.78 is 41.5. The summed E-state index contributed by atoms with van der Waals surface area (Å²) in [5.74, 6) is -4.41. The summed E-state index contributed by atoms with van der Waals surface area (Å²) in [5.41, 5.74) is 7.92. The zero-order valence-electron chi connectivity index (χ0n) is 60.1. The van der Waals surface area contributed by atoms with E-state index in [1.165, 1.54) is 78.2 Å². The van der Waals surface area contributed by atoms with Gasteiger partial charge in [-0.05, 0) is 99.6 Å². The molecule has 0 unspecified atom stereocenters. The lowest BCUT2D eigenvalue weighted by Crippen LogP contribution is -2.54. The van der Waals surface area contributed by atoms with Gasteiger partial charge in [-0.3, -0.25) is 58.7 Å². The molecule has 0 spiro atoms. The Balaban J connectivity index is 0.875. The summed E-state index contributed by atoms with van der Waals surface area (Å²) in [6, 6.07) is 9.23. The Morgan fingerprint density at radius 2 is 1.19 bits per heavy atom. The lowest BCUT2D eigenvalue weighted by molar-refractivity contribution is -0.137. The number of ketones is 2. The van der Waals surface area contributed by atoms with Crippen LogP contribution >= 0.6 is 0 Å². The normalized spacial score (nSPS) is 15.9. The number of hydrogen-bond donors (Lipinski definition) is 9. The number of nitrogens with one attached hydrogen (secondary N) is 6. The molecule has 10 N–H and O–H groups in total. The van der Waals surface area contributed by atoms with Crippen LogP contribution in [0.4, 0.5) is 31.4 Å². The smallest absolute Gasteiger partial charge is 0.412 e. The van der Waals surface area contributed by atoms with E-state index in [1.807, 2.05) is 0 Å². The van der Waals surface area contributed by atoms with Gasteiger partial charge in [-0.1, -0.05) is 56.7 Å². The number of benzene rings is 3. The van der Waals surface area contributed by atoms with Crippen molar-refractivity contribution < 1.29 is 101 Å². The number of Topliss-reactive ketones (excluding diaryl/α,β-unsaturated/α-hetero) is 1. The number of nitrogens with two attached hydrogens (primary N) is 1. The number of hydrogen-bond acceptors (Lipinski definition) is 21. The highest BCUT2D eigenvalue weighted by Gasteiger charge is 2.37. The molecule has 0 radical (unpaired) electrons. The predicted molar refractivity (Wildman–Crippen MR) is 384 cm³/mol. The Bertz CT molecular complexity index is 4070. The number of nitrogens with zero attached hydrogens (tertiary/aromatic N) is 4. The quantitative estimate of drug-likeness (QED) is 0.0140. The lowest BCUT2D eigenvalue weighted by atomic mass is 10.0. The predicted octanol–water partition coefficient (Wildman–Crippen LogP) is 6.10. The van der Waals surface area contributed by atoms with Crippen molar-refractivity contribution in [2.24, 2.45) is 18.7 Å². The van der Waals surface area contributed by atoms with Gasteiger partial charge in [-0.15, -0.1) is 0 Å². The summed E-state index contributed by atoms with van der Waals surface area (Å²) in [6.45, 7) is 11.0. The molecule has 0 bridgehead atoms. The van der Waals surface area contributed by atoms with Crippen LogP contribution in [0.25, 0.3) is 0 Å². The van der Waals surface area contributed by atoms with Crippen molar-refractivity contribution in [3.8, 4) is 23.0 Å². The molecule has 8 rings (SSSR count). The second kappa shape index (κ2) is 37.8. The fourth-order valence-electron chi connectivity index (χ4n) is 12.3. The molecule has 1 aromatic heterocycles. The molecule has 3 aromatic carbocycles. The third-order valence-corrected chi connectivity index (χ3v) is 18.0. The first-order chi connectivity index (χ1) is 50.7. The second-order valence-electron chi connectivity index (χ2n) is 26.0. The van der Waals surface area contributed by atoms with Crippen LogP contribution in [0.15, 0.2) is 103 Å². The number of likely N-dealkylation sites (tertiary alicyclic amines) is 2. The van der Waals surface area contributed by atoms with Gasteiger partial charge in [-0.25, -0.2) is 14.4 Å². The molecular formula is C74H91N11O21. The highest BCUT2D eigenvalue weighted by Crippen LogP contribution is 2.39.